The molecule has 0 bridgehead atoms. The van der Waals surface area contributed by atoms with Crippen LogP contribution in [0, 0.1) is 23.0 Å². The van der Waals surface area contributed by atoms with Crippen molar-refractivity contribution in [3.8, 4) is 0 Å². The molecule has 0 radical (unpaired) electrons. The molecule has 10 heteroatoms. The second-order valence-electron chi connectivity index (χ2n) is 13.5. The third-order valence-corrected chi connectivity index (χ3v) is 10.8. The summed E-state index contributed by atoms with van der Waals surface area (Å²) in [5.74, 6) is -0.852. The van der Waals surface area contributed by atoms with Gasteiger partial charge in [-0.3, -0.25) is 9.48 Å². The van der Waals surface area contributed by atoms with Gasteiger partial charge in [-0.15, -0.1) is 0 Å². The standard InChI is InChI=1S/C35H45ClF2N6O/c36-27-8-6-25(7-9-27)20-33(42-29-12-10-28(11-13-29)41-30-14-15-31(37)32(38)21-30)34(45)43-18-16-35(17-19-43,22-44-24-39-23-40-44)26-4-2-1-3-5-26/h6-9,14-15,21,23-24,26,28-29,33,41-42H,1-5,10-13,16-20,22H2/t28-,29+,33-/m1/s1. The SMILES string of the molecule is O=C([C@@H](Cc1ccc(Cl)cc1)N[C@H]1CC[C@@H](Nc2ccc(F)c(F)c2)CC1)N1CCC(Cn2cncn2)(C2CCCCC2)CC1. The Balaban J connectivity index is 1.10. The van der Waals surface area contributed by atoms with Gasteiger partial charge >= 0.3 is 0 Å². The molecule has 6 rings (SSSR count). The second kappa shape index (κ2) is 14.6. The summed E-state index contributed by atoms with van der Waals surface area (Å²) in [6.45, 7) is 2.38. The molecule has 2 aliphatic carbocycles. The van der Waals surface area contributed by atoms with Crippen LogP contribution in [0.1, 0.15) is 76.2 Å². The van der Waals surface area contributed by atoms with Gasteiger partial charge in [0.25, 0.3) is 0 Å². The minimum atomic E-state index is -0.842. The Bertz CT molecular complexity index is 1380. The number of hydrogen-bond donors (Lipinski definition) is 2. The summed E-state index contributed by atoms with van der Waals surface area (Å²) in [5, 5.41) is 12.3. The van der Waals surface area contributed by atoms with Crippen molar-refractivity contribution >= 4 is 23.2 Å². The Morgan fingerprint density at radius 3 is 2.31 bits per heavy atom. The molecule has 3 fully saturated rings. The number of carbonyl (C=O) groups is 1. The largest absolute Gasteiger partial charge is 0.382 e. The lowest BCUT2D eigenvalue weighted by Gasteiger charge is -2.48. The first-order valence-electron chi connectivity index (χ1n) is 16.7. The lowest BCUT2D eigenvalue weighted by molar-refractivity contribution is -0.137. The first kappa shape index (κ1) is 31.9. The highest BCUT2D eigenvalue weighted by Crippen LogP contribution is 2.47. The Labute approximate surface area is 270 Å². The average Bonchev–Trinajstić information content (AvgIpc) is 3.58. The number of halogens is 3. The van der Waals surface area contributed by atoms with Crippen LogP contribution >= 0.6 is 11.6 Å². The van der Waals surface area contributed by atoms with E-state index in [2.05, 4.69) is 25.6 Å². The number of piperidine rings is 1. The summed E-state index contributed by atoms with van der Waals surface area (Å²) in [6.07, 6.45) is 16.0. The smallest absolute Gasteiger partial charge is 0.240 e. The van der Waals surface area contributed by atoms with Crippen LogP contribution in [-0.4, -0.2) is 56.8 Å². The molecule has 2 saturated carbocycles. The fourth-order valence-corrected chi connectivity index (χ4v) is 8.15. The zero-order valence-corrected chi connectivity index (χ0v) is 26.7. The average molecular weight is 639 g/mol. The van der Waals surface area contributed by atoms with E-state index in [9.17, 15) is 13.6 Å². The second-order valence-corrected chi connectivity index (χ2v) is 13.9. The van der Waals surface area contributed by atoms with E-state index in [4.69, 9.17) is 11.6 Å². The maximum absolute atomic E-state index is 14.2. The summed E-state index contributed by atoms with van der Waals surface area (Å²) >= 11 is 6.17. The van der Waals surface area contributed by atoms with Gasteiger partial charge in [0.1, 0.15) is 12.7 Å². The van der Waals surface area contributed by atoms with Crippen molar-refractivity contribution in [3.05, 3.63) is 77.3 Å². The number of benzene rings is 2. The molecule has 3 aromatic rings. The van der Waals surface area contributed by atoms with Crippen LogP contribution in [-0.2, 0) is 17.8 Å². The maximum atomic E-state index is 14.2. The van der Waals surface area contributed by atoms with E-state index in [0.717, 1.165) is 69.8 Å². The van der Waals surface area contributed by atoms with E-state index in [-0.39, 0.29) is 29.4 Å². The molecule has 1 aliphatic heterocycles. The highest BCUT2D eigenvalue weighted by atomic mass is 35.5. The zero-order valence-electron chi connectivity index (χ0n) is 25.9. The predicted molar refractivity (Wildman–Crippen MR) is 173 cm³/mol. The fraction of sp³-hybridized carbons (Fsp3) is 0.571. The highest BCUT2D eigenvalue weighted by Gasteiger charge is 2.44. The van der Waals surface area contributed by atoms with Gasteiger partial charge in [-0.1, -0.05) is 43.0 Å². The van der Waals surface area contributed by atoms with Crippen LogP contribution < -0.4 is 10.6 Å². The van der Waals surface area contributed by atoms with Crippen LogP contribution in [0.3, 0.4) is 0 Å². The molecule has 1 amide bonds. The molecule has 3 aliphatic rings. The summed E-state index contributed by atoms with van der Waals surface area (Å²) in [6, 6.07) is 11.8. The molecule has 2 N–H and O–H groups in total. The molecule has 242 valence electrons. The van der Waals surface area contributed by atoms with Gasteiger partial charge in [-0.25, -0.2) is 13.8 Å². The summed E-state index contributed by atoms with van der Waals surface area (Å²) < 4.78 is 29.1. The maximum Gasteiger partial charge on any atom is 0.240 e. The van der Waals surface area contributed by atoms with E-state index in [1.165, 1.54) is 38.2 Å². The van der Waals surface area contributed by atoms with Gasteiger partial charge in [-0.05, 0) is 98.9 Å². The number of nitrogens with zero attached hydrogens (tertiary/aromatic N) is 4. The van der Waals surface area contributed by atoms with Crippen LogP contribution in [0.4, 0.5) is 14.5 Å². The molecule has 1 saturated heterocycles. The first-order valence-corrected chi connectivity index (χ1v) is 17.1. The number of aromatic nitrogens is 3. The fourth-order valence-electron chi connectivity index (χ4n) is 8.02. The van der Waals surface area contributed by atoms with E-state index >= 15 is 0 Å². The molecular weight excluding hydrogens is 594 g/mol. The molecular formula is C35H45ClF2N6O. The molecule has 45 heavy (non-hydrogen) atoms. The van der Waals surface area contributed by atoms with Crippen molar-refractivity contribution in [1.82, 2.24) is 25.0 Å². The molecule has 1 aromatic heterocycles. The van der Waals surface area contributed by atoms with Crippen molar-refractivity contribution in [2.45, 2.75) is 102 Å². The lowest BCUT2D eigenvalue weighted by Crippen LogP contribution is -2.55. The van der Waals surface area contributed by atoms with Crippen LogP contribution in [0.2, 0.25) is 5.02 Å². The van der Waals surface area contributed by atoms with Gasteiger partial charge in [0.05, 0.1) is 6.04 Å². The summed E-state index contributed by atoms with van der Waals surface area (Å²) in [4.78, 5) is 20.5. The normalized spacial score (nSPS) is 23.0. The number of nitrogens with one attached hydrogen (secondary N) is 2. The van der Waals surface area contributed by atoms with E-state index in [1.807, 2.05) is 35.3 Å². The predicted octanol–water partition coefficient (Wildman–Crippen LogP) is 7.02. The van der Waals surface area contributed by atoms with Gasteiger partial charge in [0.15, 0.2) is 11.6 Å². The number of anilines is 1. The van der Waals surface area contributed by atoms with Crippen molar-refractivity contribution in [2.75, 3.05) is 18.4 Å². The molecule has 2 aromatic carbocycles. The van der Waals surface area contributed by atoms with E-state index in [0.29, 0.717) is 23.0 Å². The number of likely N-dealkylation sites (tertiary alicyclic amines) is 1. The molecule has 1 atom stereocenters. The lowest BCUT2D eigenvalue weighted by atomic mass is 9.63. The van der Waals surface area contributed by atoms with Crippen molar-refractivity contribution in [3.63, 3.8) is 0 Å². The monoisotopic (exact) mass is 638 g/mol. The number of rotatable bonds is 10. The van der Waals surface area contributed by atoms with E-state index < -0.39 is 11.6 Å². The third kappa shape index (κ3) is 8.04. The van der Waals surface area contributed by atoms with Gasteiger partial charge in [-0.2, -0.15) is 5.10 Å². The van der Waals surface area contributed by atoms with Crippen LogP contribution in [0.25, 0.3) is 0 Å². The Hall–Kier alpha value is -3.04. The molecule has 0 unspecified atom stereocenters. The van der Waals surface area contributed by atoms with Crippen molar-refractivity contribution in [2.24, 2.45) is 11.3 Å². The van der Waals surface area contributed by atoms with Crippen molar-refractivity contribution < 1.29 is 13.6 Å². The van der Waals surface area contributed by atoms with Gasteiger partial charge < -0.3 is 15.5 Å². The molecule has 2 heterocycles. The zero-order chi connectivity index (χ0) is 31.2. The third-order valence-electron chi connectivity index (χ3n) is 10.6. The minimum Gasteiger partial charge on any atom is -0.382 e. The van der Waals surface area contributed by atoms with Crippen molar-refractivity contribution in [1.29, 1.82) is 0 Å². The Kier molecular flexibility index (Phi) is 10.3. The summed E-state index contributed by atoms with van der Waals surface area (Å²) in [5.41, 5.74) is 1.82. The molecule has 7 nitrogen and oxygen atoms in total. The minimum absolute atomic E-state index is 0.142. The number of amides is 1. The number of hydrogen-bond acceptors (Lipinski definition) is 5. The number of carbonyl (C=O) groups excluding carboxylic acids is 1. The van der Waals surface area contributed by atoms with Crippen LogP contribution in [0.15, 0.2) is 55.1 Å². The Morgan fingerprint density at radius 2 is 1.64 bits per heavy atom. The van der Waals surface area contributed by atoms with Crippen LogP contribution in [0.5, 0.6) is 0 Å². The van der Waals surface area contributed by atoms with Gasteiger partial charge in [0, 0.05) is 48.5 Å². The van der Waals surface area contributed by atoms with E-state index in [1.54, 1.807) is 12.4 Å². The first-order chi connectivity index (χ1) is 21.9. The quantitative estimate of drug-likeness (QED) is 0.250. The molecule has 0 spiro atoms. The topological polar surface area (TPSA) is 75.1 Å². The Morgan fingerprint density at radius 1 is 0.933 bits per heavy atom. The summed E-state index contributed by atoms with van der Waals surface area (Å²) in [7, 11) is 0. The van der Waals surface area contributed by atoms with Gasteiger partial charge in [0.2, 0.25) is 5.91 Å². The highest BCUT2D eigenvalue weighted by molar-refractivity contribution is 6.30.